The molecule has 0 radical (unpaired) electrons. The predicted molar refractivity (Wildman–Crippen MR) is 71.2 cm³/mol. The van der Waals surface area contributed by atoms with Crippen LogP contribution in [0.1, 0.15) is 10.4 Å². The molecule has 0 unspecified atom stereocenters. The number of hydrogen-bond acceptors (Lipinski definition) is 6. The topological polar surface area (TPSA) is 56.0 Å². The zero-order valence-corrected chi connectivity index (χ0v) is 10.8. The molecule has 90 valence electrons. The lowest BCUT2D eigenvalue weighted by Crippen LogP contribution is -2.00. The Hall–Kier alpha value is -1.66. The maximum absolute atomic E-state index is 12.1. The fourth-order valence-electron chi connectivity index (χ4n) is 1.62. The standard InChI is InChI=1S/C12H8N2O2S2/c15-10(6-17-12-14-13-7-18-12)9-5-16-11-4-2-1-3-8(9)11/h1-5,7H,6H2. The van der Waals surface area contributed by atoms with Crippen molar-refractivity contribution in [2.45, 2.75) is 4.34 Å². The number of nitrogens with zero attached hydrogens (tertiary/aromatic N) is 2. The summed E-state index contributed by atoms with van der Waals surface area (Å²) in [6.45, 7) is 0. The van der Waals surface area contributed by atoms with Crippen LogP contribution in [0, 0.1) is 0 Å². The second kappa shape index (κ2) is 4.91. The molecule has 0 atom stereocenters. The molecule has 2 aromatic heterocycles. The van der Waals surface area contributed by atoms with E-state index in [1.54, 1.807) is 5.51 Å². The van der Waals surface area contributed by atoms with Crippen molar-refractivity contribution in [3.63, 3.8) is 0 Å². The van der Waals surface area contributed by atoms with Gasteiger partial charge in [0.05, 0.1) is 11.3 Å². The van der Waals surface area contributed by atoms with E-state index in [1.165, 1.54) is 29.4 Å². The lowest BCUT2D eigenvalue weighted by molar-refractivity contribution is 0.102. The van der Waals surface area contributed by atoms with Gasteiger partial charge in [-0.1, -0.05) is 41.3 Å². The first-order valence-corrected chi connectivity index (χ1v) is 7.09. The molecule has 0 aliphatic carbocycles. The number of ketones is 1. The number of rotatable bonds is 4. The Morgan fingerprint density at radius 1 is 1.39 bits per heavy atom. The van der Waals surface area contributed by atoms with Crippen LogP contribution < -0.4 is 0 Å². The van der Waals surface area contributed by atoms with Crippen LogP contribution in [-0.2, 0) is 0 Å². The minimum Gasteiger partial charge on any atom is -0.464 e. The number of carbonyl (C=O) groups is 1. The van der Waals surface area contributed by atoms with Crippen molar-refractivity contribution in [2.75, 3.05) is 5.75 Å². The van der Waals surface area contributed by atoms with Crippen molar-refractivity contribution in [3.8, 4) is 0 Å². The highest BCUT2D eigenvalue weighted by Crippen LogP contribution is 2.24. The molecule has 0 bridgehead atoms. The minimum atomic E-state index is 0.0418. The molecule has 0 saturated carbocycles. The summed E-state index contributed by atoms with van der Waals surface area (Å²) >= 11 is 2.83. The molecule has 0 spiro atoms. The van der Waals surface area contributed by atoms with Gasteiger partial charge in [-0.2, -0.15) is 0 Å². The van der Waals surface area contributed by atoms with Crippen LogP contribution in [0.3, 0.4) is 0 Å². The molecule has 3 aromatic rings. The first-order valence-electron chi connectivity index (χ1n) is 5.23. The van der Waals surface area contributed by atoms with Gasteiger partial charge in [0, 0.05) is 5.39 Å². The number of thioether (sulfide) groups is 1. The van der Waals surface area contributed by atoms with Gasteiger partial charge in [0.25, 0.3) is 0 Å². The second-order valence-electron chi connectivity index (χ2n) is 3.56. The zero-order valence-electron chi connectivity index (χ0n) is 9.20. The molecular weight excluding hydrogens is 268 g/mol. The quantitative estimate of drug-likeness (QED) is 0.541. The number of benzene rings is 1. The van der Waals surface area contributed by atoms with E-state index in [2.05, 4.69) is 10.2 Å². The van der Waals surface area contributed by atoms with Crippen molar-refractivity contribution in [2.24, 2.45) is 0 Å². The van der Waals surface area contributed by atoms with E-state index >= 15 is 0 Å². The Morgan fingerprint density at radius 2 is 2.28 bits per heavy atom. The van der Waals surface area contributed by atoms with Gasteiger partial charge in [0.2, 0.25) is 0 Å². The van der Waals surface area contributed by atoms with Crippen LogP contribution in [0.4, 0.5) is 0 Å². The monoisotopic (exact) mass is 276 g/mol. The summed E-state index contributed by atoms with van der Waals surface area (Å²) in [5.74, 6) is 0.388. The molecule has 3 rings (SSSR count). The van der Waals surface area contributed by atoms with E-state index in [0.29, 0.717) is 11.3 Å². The Bertz CT molecular complexity index is 676. The van der Waals surface area contributed by atoms with Gasteiger partial charge >= 0.3 is 0 Å². The van der Waals surface area contributed by atoms with E-state index in [9.17, 15) is 4.79 Å². The Kier molecular flexibility index (Phi) is 3.12. The highest BCUT2D eigenvalue weighted by atomic mass is 32.2. The smallest absolute Gasteiger partial charge is 0.177 e. The Balaban J connectivity index is 1.80. The predicted octanol–water partition coefficient (Wildman–Crippen LogP) is 3.26. The number of hydrogen-bond donors (Lipinski definition) is 0. The van der Waals surface area contributed by atoms with Gasteiger partial charge in [-0.25, -0.2) is 0 Å². The molecule has 6 heteroatoms. The first-order chi connectivity index (χ1) is 8.84. The summed E-state index contributed by atoms with van der Waals surface area (Å²) in [6.07, 6.45) is 1.52. The fourth-order valence-corrected chi connectivity index (χ4v) is 3.00. The Morgan fingerprint density at radius 3 is 3.11 bits per heavy atom. The average Bonchev–Trinajstić information content (AvgIpc) is 3.05. The SMILES string of the molecule is O=C(CSc1nncs1)c1coc2ccccc12. The molecule has 0 aliphatic rings. The summed E-state index contributed by atoms with van der Waals surface area (Å²) in [5.41, 5.74) is 3.02. The fraction of sp³-hybridized carbons (Fsp3) is 0.0833. The summed E-state index contributed by atoms with van der Waals surface area (Å²) in [4.78, 5) is 12.1. The molecule has 1 aromatic carbocycles. The summed E-state index contributed by atoms with van der Waals surface area (Å²) in [7, 11) is 0. The van der Waals surface area contributed by atoms with Crippen molar-refractivity contribution in [3.05, 3.63) is 41.6 Å². The number of carbonyl (C=O) groups excluding carboxylic acids is 1. The van der Waals surface area contributed by atoms with Crippen LogP contribution in [-0.4, -0.2) is 21.7 Å². The van der Waals surface area contributed by atoms with Gasteiger partial charge in [0.15, 0.2) is 10.1 Å². The molecule has 0 saturated heterocycles. The van der Waals surface area contributed by atoms with Gasteiger partial charge in [0.1, 0.15) is 17.4 Å². The molecule has 0 fully saturated rings. The molecule has 4 nitrogen and oxygen atoms in total. The van der Waals surface area contributed by atoms with Crippen LogP contribution in [0.15, 0.2) is 44.8 Å². The van der Waals surface area contributed by atoms with Crippen LogP contribution in [0.2, 0.25) is 0 Å². The number of fused-ring (bicyclic) bond motifs is 1. The average molecular weight is 276 g/mol. The van der Waals surface area contributed by atoms with Crippen molar-refractivity contribution >= 4 is 39.9 Å². The van der Waals surface area contributed by atoms with Crippen LogP contribution in [0.5, 0.6) is 0 Å². The third-order valence-corrected chi connectivity index (χ3v) is 4.31. The van der Waals surface area contributed by atoms with E-state index in [-0.39, 0.29) is 5.78 Å². The summed E-state index contributed by atoms with van der Waals surface area (Å²) in [5, 5.41) is 8.48. The van der Waals surface area contributed by atoms with E-state index in [0.717, 1.165) is 15.3 Å². The largest absolute Gasteiger partial charge is 0.464 e. The molecule has 18 heavy (non-hydrogen) atoms. The van der Waals surface area contributed by atoms with Gasteiger partial charge in [-0.05, 0) is 6.07 Å². The van der Waals surface area contributed by atoms with E-state index in [4.69, 9.17) is 4.42 Å². The molecule has 0 amide bonds. The molecule has 0 aliphatic heterocycles. The third kappa shape index (κ3) is 2.16. The lowest BCUT2D eigenvalue weighted by Gasteiger charge is -1.96. The highest BCUT2D eigenvalue weighted by Gasteiger charge is 2.14. The van der Waals surface area contributed by atoms with Crippen LogP contribution in [0.25, 0.3) is 11.0 Å². The highest BCUT2D eigenvalue weighted by molar-refractivity contribution is 8.01. The van der Waals surface area contributed by atoms with Gasteiger partial charge < -0.3 is 4.42 Å². The zero-order chi connectivity index (χ0) is 12.4. The number of furan rings is 1. The van der Waals surface area contributed by atoms with Crippen molar-refractivity contribution in [1.82, 2.24) is 10.2 Å². The Labute approximate surface area is 111 Å². The van der Waals surface area contributed by atoms with Crippen molar-refractivity contribution in [1.29, 1.82) is 0 Å². The maximum atomic E-state index is 12.1. The molecular formula is C12H8N2O2S2. The number of aromatic nitrogens is 2. The minimum absolute atomic E-state index is 0.0418. The normalized spacial score (nSPS) is 10.9. The van der Waals surface area contributed by atoms with E-state index in [1.807, 2.05) is 24.3 Å². The van der Waals surface area contributed by atoms with Crippen molar-refractivity contribution < 1.29 is 9.21 Å². The molecule has 0 N–H and O–H groups in total. The van der Waals surface area contributed by atoms with Crippen LogP contribution >= 0.6 is 23.1 Å². The first kappa shape index (κ1) is 11.4. The summed E-state index contributed by atoms with van der Waals surface area (Å²) in [6, 6.07) is 7.52. The lowest BCUT2D eigenvalue weighted by atomic mass is 10.1. The number of Topliss-reactive ketones (excluding diaryl/α,β-unsaturated/α-hetero) is 1. The third-order valence-electron chi connectivity index (χ3n) is 2.45. The summed E-state index contributed by atoms with van der Waals surface area (Å²) < 4.78 is 6.15. The van der Waals surface area contributed by atoms with Gasteiger partial charge in [-0.3, -0.25) is 4.79 Å². The molecule has 2 heterocycles. The second-order valence-corrected chi connectivity index (χ2v) is 5.62. The van der Waals surface area contributed by atoms with Gasteiger partial charge in [-0.15, -0.1) is 10.2 Å². The number of para-hydroxylation sites is 1. The maximum Gasteiger partial charge on any atom is 0.177 e. The van der Waals surface area contributed by atoms with E-state index < -0.39 is 0 Å².